The first-order valence-electron chi connectivity index (χ1n) is 9.27. The van der Waals surface area contributed by atoms with Gasteiger partial charge in [0.05, 0.1) is 0 Å². The molecule has 0 amide bonds. The summed E-state index contributed by atoms with van der Waals surface area (Å²) in [7, 11) is 0. The van der Waals surface area contributed by atoms with Crippen molar-refractivity contribution in [2.24, 2.45) is 5.41 Å². The molecular formula is C19H38. The molecule has 0 unspecified atom stereocenters. The Kier molecular flexibility index (Phi) is 9.65. The van der Waals surface area contributed by atoms with Gasteiger partial charge in [-0.15, -0.1) is 0 Å². The SMILES string of the molecule is CCCCCCCCCC1(C)CCCCCCCC1. The fourth-order valence-electron chi connectivity index (χ4n) is 3.69. The lowest BCUT2D eigenvalue weighted by atomic mass is 9.76. The zero-order valence-electron chi connectivity index (χ0n) is 13.8. The summed E-state index contributed by atoms with van der Waals surface area (Å²) in [6, 6.07) is 0. The van der Waals surface area contributed by atoms with Crippen molar-refractivity contribution in [2.75, 3.05) is 0 Å². The topological polar surface area (TPSA) is 0 Å². The molecule has 0 aromatic carbocycles. The number of hydrogen-bond donors (Lipinski definition) is 0. The van der Waals surface area contributed by atoms with Crippen LogP contribution in [0.5, 0.6) is 0 Å². The zero-order valence-corrected chi connectivity index (χ0v) is 13.8. The Bertz CT molecular complexity index is 184. The van der Waals surface area contributed by atoms with Crippen LogP contribution in [0, 0.1) is 5.41 Å². The summed E-state index contributed by atoms with van der Waals surface area (Å²) in [6.07, 6.45) is 23.7. The summed E-state index contributed by atoms with van der Waals surface area (Å²) in [5.41, 5.74) is 0.688. The van der Waals surface area contributed by atoms with Gasteiger partial charge < -0.3 is 0 Å². The van der Waals surface area contributed by atoms with E-state index in [-0.39, 0.29) is 0 Å². The van der Waals surface area contributed by atoms with Crippen LogP contribution in [0.3, 0.4) is 0 Å². The Labute approximate surface area is 122 Å². The summed E-state index contributed by atoms with van der Waals surface area (Å²) in [5.74, 6) is 0. The predicted octanol–water partition coefficient (Wildman–Crippen LogP) is 7.27. The zero-order chi connectivity index (χ0) is 13.8. The quantitative estimate of drug-likeness (QED) is 0.405. The molecule has 1 fully saturated rings. The average Bonchev–Trinajstić information content (AvgIpc) is 2.50. The minimum absolute atomic E-state index is 0.688. The summed E-state index contributed by atoms with van der Waals surface area (Å²) >= 11 is 0. The Morgan fingerprint density at radius 2 is 1.11 bits per heavy atom. The molecule has 0 heteroatoms. The van der Waals surface area contributed by atoms with E-state index in [0.717, 1.165) is 0 Å². The Morgan fingerprint density at radius 3 is 1.68 bits per heavy atom. The molecule has 1 rings (SSSR count). The summed E-state index contributed by atoms with van der Waals surface area (Å²) in [5, 5.41) is 0. The molecule has 1 aliphatic rings. The first-order chi connectivity index (χ1) is 9.27. The van der Waals surface area contributed by atoms with Crippen LogP contribution in [0.1, 0.15) is 117 Å². The molecule has 1 saturated carbocycles. The normalized spacial score (nSPS) is 20.5. The van der Waals surface area contributed by atoms with Gasteiger partial charge in [-0.3, -0.25) is 0 Å². The smallest absolute Gasteiger partial charge is 0.0326 e. The standard InChI is InChI=1S/C19H38/c1-3-4-5-6-7-10-13-16-19(2)17-14-11-8-9-12-15-18-19/h3-18H2,1-2H3. The lowest BCUT2D eigenvalue weighted by Gasteiger charge is -2.29. The molecule has 0 saturated heterocycles. The first kappa shape index (κ1) is 17.1. The van der Waals surface area contributed by atoms with Gasteiger partial charge in [-0.1, -0.05) is 97.3 Å². The van der Waals surface area contributed by atoms with Crippen molar-refractivity contribution in [3.05, 3.63) is 0 Å². The van der Waals surface area contributed by atoms with E-state index < -0.39 is 0 Å². The van der Waals surface area contributed by atoms with Crippen molar-refractivity contribution in [3.63, 3.8) is 0 Å². The van der Waals surface area contributed by atoms with Crippen LogP contribution in [0.25, 0.3) is 0 Å². The van der Waals surface area contributed by atoms with Crippen molar-refractivity contribution >= 4 is 0 Å². The van der Waals surface area contributed by atoms with Gasteiger partial charge in [-0.05, 0) is 24.7 Å². The fraction of sp³-hybridized carbons (Fsp3) is 1.00. The number of unbranched alkanes of at least 4 members (excludes halogenated alkanes) is 6. The molecule has 0 radical (unpaired) electrons. The van der Waals surface area contributed by atoms with Gasteiger partial charge in [0.25, 0.3) is 0 Å². The predicted molar refractivity (Wildman–Crippen MR) is 87.7 cm³/mol. The number of rotatable bonds is 8. The Balaban J connectivity index is 2.10. The molecule has 19 heavy (non-hydrogen) atoms. The van der Waals surface area contributed by atoms with E-state index in [9.17, 15) is 0 Å². The number of hydrogen-bond acceptors (Lipinski definition) is 0. The third-order valence-electron chi connectivity index (χ3n) is 5.19. The maximum absolute atomic E-state index is 2.58. The van der Waals surface area contributed by atoms with E-state index in [1.54, 1.807) is 0 Å². The van der Waals surface area contributed by atoms with Crippen molar-refractivity contribution in [1.82, 2.24) is 0 Å². The van der Waals surface area contributed by atoms with E-state index in [1.165, 1.54) is 103 Å². The minimum atomic E-state index is 0.688. The molecule has 0 nitrogen and oxygen atoms in total. The average molecular weight is 267 g/mol. The third kappa shape index (κ3) is 8.71. The van der Waals surface area contributed by atoms with Gasteiger partial charge >= 0.3 is 0 Å². The van der Waals surface area contributed by atoms with Crippen LogP contribution in [-0.2, 0) is 0 Å². The minimum Gasteiger partial charge on any atom is -0.0654 e. The molecule has 0 aliphatic heterocycles. The molecular weight excluding hydrogens is 228 g/mol. The van der Waals surface area contributed by atoms with Crippen LogP contribution in [0.15, 0.2) is 0 Å². The van der Waals surface area contributed by atoms with E-state index in [2.05, 4.69) is 13.8 Å². The molecule has 114 valence electrons. The molecule has 0 atom stereocenters. The highest BCUT2D eigenvalue weighted by Crippen LogP contribution is 2.37. The van der Waals surface area contributed by atoms with Crippen LogP contribution in [0.2, 0.25) is 0 Å². The van der Waals surface area contributed by atoms with E-state index in [1.807, 2.05) is 0 Å². The molecule has 0 N–H and O–H groups in total. The largest absolute Gasteiger partial charge is 0.0654 e. The van der Waals surface area contributed by atoms with Gasteiger partial charge in [-0.2, -0.15) is 0 Å². The highest BCUT2D eigenvalue weighted by Gasteiger charge is 2.23. The molecule has 0 spiro atoms. The van der Waals surface area contributed by atoms with E-state index in [0.29, 0.717) is 5.41 Å². The second-order valence-electron chi connectivity index (χ2n) is 7.30. The van der Waals surface area contributed by atoms with Crippen LogP contribution < -0.4 is 0 Å². The first-order valence-corrected chi connectivity index (χ1v) is 9.27. The van der Waals surface area contributed by atoms with Gasteiger partial charge in [-0.25, -0.2) is 0 Å². The van der Waals surface area contributed by atoms with Crippen molar-refractivity contribution in [2.45, 2.75) is 117 Å². The lowest BCUT2D eigenvalue weighted by Crippen LogP contribution is -2.16. The lowest BCUT2D eigenvalue weighted by molar-refractivity contribution is 0.229. The fourth-order valence-corrected chi connectivity index (χ4v) is 3.69. The molecule has 1 aliphatic carbocycles. The Morgan fingerprint density at radius 1 is 0.632 bits per heavy atom. The van der Waals surface area contributed by atoms with Crippen molar-refractivity contribution in [3.8, 4) is 0 Å². The summed E-state index contributed by atoms with van der Waals surface area (Å²) in [6.45, 7) is 4.88. The third-order valence-corrected chi connectivity index (χ3v) is 5.19. The van der Waals surface area contributed by atoms with E-state index in [4.69, 9.17) is 0 Å². The molecule has 0 bridgehead atoms. The van der Waals surface area contributed by atoms with Crippen LogP contribution >= 0.6 is 0 Å². The van der Waals surface area contributed by atoms with E-state index >= 15 is 0 Å². The van der Waals surface area contributed by atoms with Gasteiger partial charge in [0.15, 0.2) is 0 Å². The second-order valence-corrected chi connectivity index (χ2v) is 7.30. The van der Waals surface area contributed by atoms with Crippen molar-refractivity contribution < 1.29 is 0 Å². The maximum Gasteiger partial charge on any atom is -0.0326 e. The van der Waals surface area contributed by atoms with Gasteiger partial charge in [0.1, 0.15) is 0 Å². The Hall–Kier alpha value is 0. The summed E-state index contributed by atoms with van der Waals surface area (Å²) < 4.78 is 0. The summed E-state index contributed by atoms with van der Waals surface area (Å²) in [4.78, 5) is 0. The van der Waals surface area contributed by atoms with Crippen molar-refractivity contribution in [1.29, 1.82) is 0 Å². The van der Waals surface area contributed by atoms with Gasteiger partial charge in [0, 0.05) is 0 Å². The monoisotopic (exact) mass is 266 g/mol. The molecule has 0 heterocycles. The highest BCUT2D eigenvalue weighted by molar-refractivity contribution is 4.75. The maximum atomic E-state index is 2.58. The van der Waals surface area contributed by atoms with Gasteiger partial charge in [0.2, 0.25) is 0 Å². The molecule has 0 aromatic rings. The van der Waals surface area contributed by atoms with Crippen LogP contribution in [0.4, 0.5) is 0 Å². The second kappa shape index (κ2) is 10.7. The van der Waals surface area contributed by atoms with Crippen LogP contribution in [-0.4, -0.2) is 0 Å². The highest BCUT2D eigenvalue weighted by atomic mass is 14.3. The molecule has 0 aromatic heterocycles.